The summed E-state index contributed by atoms with van der Waals surface area (Å²) >= 11 is 0. The molecule has 24 heavy (non-hydrogen) atoms. The summed E-state index contributed by atoms with van der Waals surface area (Å²) in [5.41, 5.74) is 2.00. The number of aromatic nitrogens is 2. The number of carbonyl (C=O) groups is 2. The highest BCUT2D eigenvalue weighted by molar-refractivity contribution is 5.92. The predicted octanol–water partition coefficient (Wildman–Crippen LogP) is 2.87. The van der Waals surface area contributed by atoms with Crippen LogP contribution >= 0.6 is 0 Å². The number of hydrogen-bond donors (Lipinski definition) is 2. The molecule has 7 nitrogen and oxygen atoms in total. The largest absolute Gasteiger partial charge is 0.462 e. The van der Waals surface area contributed by atoms with Crippen LogP contribution in [0.15, 0.2) is 36.7 Å². The van der Waals surface area contributed by atoms with Crippen molar-refractivity contribution in [1.29, 1.82) is 0 Å². The van der Waals surface area contributed by atoms with Crippen molar-refractivity contribution in [3.63, 3.8) is 0 Å². The minimum Gasteiger partial charge on any atom is -0.462 e. The van der Waals surface area contributed by atoms with Gasteiger partial charge in [0.2, 0.25) is 0 Å². The molecule has 0 bridgehead atoms. The molecule has 128 valence electrons. The van der Waals surface area contributed by atoms with Gasteiger partial charge in [-0.05, 0) is 37.6 Å². The molecule has 2 N–H and O–H groups in total. The van der Waals surface area contributed by atoms with Gasteiger partial charge in [0.25, 0.3) is 0 Å². The summed E-state index contributed by atoms with van der Waals surface area (Å²) in [6, 6.07) is 6.14. The first-order chi connectivity index (χ1) is 11.5. The van der Waals surface area contributed by atoms with Gasteiger partial charge >= 0.3 is 12.0 Å². The first kappa shape index (κ1) is 17.5. The van der Waals surface area contributed by atoms with Gasteiger partial charge in [0.15, 0.2) is 0 Å². The summed E-state index contributed by atoms with van der Waals surface area (Å²) < 4.78 is 6.62. The molecular formula is C17H22N4O3. The Kier molecular flexibility index (Phi) is 5.95. The average Bonchev–Trinajstić information content (AvgIpc) is 3.00. The summed E-state index contributed by atoms with van der Waals surface area (Å²) in [5.74, 6) is -0.379. The van der Waals surface area contributed by atoms with E-state index in [0.717, 1.165) is 12.0 Å². The second-order valence-electron chi connectivity index (χ2n) is 5.30. The summed E-state index contributed by atoms with van der Waals surface area (Å²) in [7, 11) is 1.83. The Morgan fingerprint density at radius 3 is 2.50 bits per heavy atom. The molecule has 1 aromatic heterocycles. The minimum atomic E-state index is -0.379. The van der Waals surface area contributed by atoms with Gasteiger partial charge in [-0.1, -0.05) is 6.92 Å². The average molecular weight is 330 g/mol. The smallest absolute Gasteiger partial charge is 0.338 e. The number of benzene rings is 1. The van der Waals surface area contributed by atoms with Crippen LogP contribution in [0.2, 0.25) is 0 Å². The third kappa shape index (κ3) is 4.58. The van der Waals surface area contributed by atoms with E-state index in [4.69, 9.17) is 4.74 Å². The molecule has 0 aliphatic rings. The first-order valence-corrected chi connectivity index (χ1v) is 7.86. The fourth-order valence-corrected chi connectivity index (χ4v) is 2.27. The molecular weight excluding hydrogens is 308 g/mol. The molecule has 0 spiro atoms. The van der Waals surface area contributed by atoms with Gasteiger partial charge in [-0.3, -0.25) is 4.68 Å². The molecule has 1 heterocycles. The molecule has 7 heteroatoms. The maximum Gasteiger partial charge on any atom is 0.338 e. The second-order valence-corrected chi connectivity index (χ2v) is 5.30. The number of carbonyl (C=O) groups excluding carboxylic acids is 2. The zero-order valence-electron chi connectivity index (χ0n) is 14.1. The van der Waals surface area contributed by atoms with Crippen LogP contribution in [0.5, 0.6) is 0 Å². The van der Waals surface area contributed by atoms with Gasteiger partial charge in [-0.25, -0.2) is 9.59 Å². The van der Waals surface area contributed by atoms with Crippen LogP contribution < -0.4 is 10.6 Å². The van der Waals surface area contributed by atoms with Crippen molar-refractivity contribution in [2.75, 3.05) is 11.9 Å². The standard InChI is InChI=1S/C17H22N4O3/c1-4-15(13-10-18-21(3)11-13)20-17(23)19-14-8-6-12(7-9-14)16(22)24-5-2/h6-11,15H,4-5H2,1-3H3,(H2,19,20,23)/t15-/m1/s1. The Balaban J connectivity index is 1.95. The Labute approximate surface area is 141 Å². The zero-order chi connectivity index (χ0) is 17.5. The highest BCUT2D eigenvalue weighted by atomic mass is 16.5. The fourth-order valence-electron chi connectivity index (χ4n) is 2.27. The maximum atomic E-state index is 12.1. The van der Waals surface area contributed by atoms with Gasteiger partial charge in [0, 0.05) is 24.5 Å². The van der Waals surface area contributed by atoms with Gasteiger partial charge in [-0.15, -0.1) is 0 Å². The van der Waals surface area contributed by atoms with Crippen molar-refractivity contribution >= 4 is 17.7 Å². The number of esters is 1. The van der Waals surface area contributed by atoms with Crippen LogP contribution in [-0.2, 0) is 11.8 Å². The Bertz CT molecular complexity index is 694. The van der Waals surface area contributed by atoms with E-state index in [1.54, 1.807) is 42.1 Å². The monoisotopic (exact) mass is 330 g/mol. The highest BCUT2D eigenvalue weighted by Crippen LogP contribution is 2.16. The molecule has 0 fully saturated rings. The molecule has 2 amide bonds. The van der Waals surface area contributed by atoms with Crippen molar-refractivity contribution in [2.45, 2.75) is 26.3 Å². The lowest BCUT2D eigenvalue weighted by atomic mass is 10.1. The quantitative estimate of drug-likeness (QED) is 0.798. The number of amides is 2. The van der Waals surface area contributed by atoms with E-state index in [1.807, 2.05) is 20.2 Å². The number of urea groups is 1. The Morgan fingerprint density at radius 2 is 1.96 bits per heavy atom. The van der Waals surface area contributed by atoms with E-state index >= 15 is 0 Å². The number of nitrogens with one attached hydrogen (secondary N) is 2. The molecule has 2 rings (SSSR count). The maximum absolute atomic E-state index is 12.1. The molecule has 0 saturated carbocycles. The van der Waals surface area contributed by atoms with Crippen LogP contribution in [0.25, 0.3) is 0 Å². The first-order valence-electron chi connectivity index (χ1n) is 7.86. The van der Waals surface area contributed by atoms with Gasteiger partial charge < -0.3 is 15.4 Å². The summed E-state index contributed by atoms with van der Waals surface area (Å²) in [5, 5.41) is 9.78. The van der Waals surface area contributed by atoms with Gasteiger partial charge in [-0.2, -0.15) is 5.10 Å². The zero-order valence-corrected chi connectivity index (χ0v) is 14.1. The highest BCUT2D eigenvalue weighted by Gasteiger charge is 2.14. The summed E-state index contributed by atoms with van der Waals surface area (Å²) in [6.45, 7) is 4.07. The molecule has 1 atom stereocenters. The minimum absolute atomic E-state index is 0.113. The molecule has 2 aromatic rings. The Morgan fingerprint density at radius 1 is 1.25 bits per heavy atom. The number of anilines is 1. The number of nitrogens with zero attached hydrogens (tertiary/aromatic N) is 2. The lowest BCUT2D eigenvalue weighted by Crippen LogP contribution is -2.32. The lowest BCUT2D eigenvalue weighted by Gasteiger charge is -2.16. The molecule has 1 aromatic carbocycles. The van der Waals surface area contributed by atoms with Crippen LogP contribution in [0.3, 0.4) is 0 Å². The number of ether oxygens (including phenoxy) is 1. The predicted molar refractivity (Wildman–Crippen MR) is 90.8 cm³/mol. The van der Waals surface area contributed by atoms with Gasteiger partial charge in [0.1, 0.15) is 0 Å². The van der Waals surface area contributed by atoms with Crippen LogP contribution in [0, 0.1) is 0 Å². The number of aryl methyl sites for hydroxylation is 1. The van der Waals surface area contributed by atoms with Crippen LogP contribution in [0.4, 0.5) is 10.5 Å². The lowest BCUT2D eigenvalue weighted by molar-refractivity contribution is 0.0526. The van der Waals surface area contributed by atoms with Crippen LogP contribution in [-0.4, -0.2) is 28.4 Å². The number of rotatable bonds is 6. The Hall–Kier alpha value is -2.83. The van der Waals surface area contributed by atoms with E-state index in [0.29, 0.717) is 17.9 Å². The molecule has 0 unspecified atom stereocenters. The van der Waals surface area contributed by atoms with Crippen molar-refractivity contribution < 1.29 is 14.3 Å². The van der Waals surface area contributed by atoms with Crippen molar-refractivity contribution in [1.82, 2.24) is 15.1 Å². The SMILES string of the molecule is CCOC(=O)c1ccc(NC(=O)N[C@H](CC)c2cnn(C)c2)cc1. The second kappa shape index (κ2) is 8.14. The fraction of sp³-hybridized carbons (Fsp3) is 0.353. The molecule has 0 radical (unpaired) electrons. The van der Waals surface area contributed by atoms with E-state index in [2.05, 4.69) is 15.7 Å². The van der Waals surface area contributed by atoms with E-state index in [9.17, 15) is 9.59 Å². The molecule has 0 aliphatic carbocycles. The topological polar surface area (TPSA) is 85.2 Å². The number of hydrogen-bond acceptors (Lipinski definition) is 4. The summed E-state index contributed by atoms with van der Waals surface area (Å²) in [4.78, 5) is 23.7. The van der Waals surface area contributed by atoms with Crippen LogP contribution in [0.1, 0.15) is 42.2 Å². The third-order valence-electron chi connectivity index (χ3n) is 3.49. The van der Waals surface area contributed by atoms with Crippen molar-refractivity contribution in [3.8, 4) is 0 Å². The molecule has 0 saturated heterocycles. The van der Waals surface area contributed by atoms with E-state index < -0.39 is 0 Å². The third-order valence-corrected chi connectivity index (χ3v) is 3.49. The van der Waals surface area contributed by atoms with Crippen molar-refractivity contribution in [3.05, 3.63) is 47.8 Å². The summed E-state index contributed by atoms with van der Waals surface area (Å²) in [6.07, 6.45) is 4.37. The van der Waals surface area contributed by atoms with Crippen molar-refractivity contribution in [2.24, 2.45) is 7.05 Å². The van der Waals surface area contributed by atoms with E-state index in [1.165, 1.54) is 0 Å². The van der Waals surface area contributed by atoms with Gasteiger partial charge in [0.05, 0.1) is 24.4 Å². The normalized spacial score (nSPS) is 11.6. The van der Waals surface area contributed by atoms with E-state index in [-0.39, 0.29) is 18.0 Å². The molecule has 0 aliphatic heterocycles.